The van der Waals surface area contributed by atoms with E-state index in [-0.39, 0.29) is 0 Å². The molecule has 0 saturated heterocycles. The van der Waals surface area contributed by atoms with Crippen LogP contribution in [0.25, 0.3) is 0 Å². The van der Waals surface area contributed by atoms with Crippen molar-refractivity contribution >= 4 is 11.8 Å². The number of methoxy groups -OCH3 is 1. The molecular formula is C15H31NOS. The standard InChI is InChI=1S/C15H31NOS/c1-5-16-14-8-7-13(12(2)3)11-15(14)18-10-6-9-17-4/h12-16H,5-11H2,1-4H3. The van der Waals surface area contributed by atoms with Gasteiger partial charge in [0.25, 0.3) is 0 Å². The van der Waals surface area contributed by atoms with Crippen LogP contribution in [0.1, 0.15) is 46.5 Å². The minimum Gasteiger partial charge on any atom is -0.385 e. The van der Waals surface area contributed by atoms with Crippen LogP contribution in [0.5, 0.6) is 0 Å². The summed E-state index contributed by atoms with van der Waals surface area (Å²) in [5.74, 6) is 3.01. The van der Waals surface area contributed by atoms with E-state index in [1.165, 1.54) is 31.4 Å². The van der Waals surface area contributed by atoms with Crippen molar-refractivity contribution in [2.45, 2.75) is 57.7 Å². The Morgan fingerprint density at radius 3 is 2.72 bits per heavy atom. The molecule has 0 bridgehead atoms. The molecule has 0 aliphatic heterocycles. The molecule has 0 radical (unpaired) electrons. The van der Waals surface area contributed by atoms with Gasteiger partial charge in [0, 0.05) is 25.0 Å². The SMILES string of the molecule is CCNC1CCC(C(C)C)CC1SCCCOC. The van der Waals surface area contributed by atoms with Crippen LogP contribution >= 0.6 is 11.8 Å². The van der Waals surface area contributed by atoms with Gasteiger partial charge in [-0.2, -0.15) is 11.8 Å². The Kier molecular flexibility index (Phi) is 8.36. The Bertz CT molecular complexity index is 211. The highest BCUT2D eigenvalue weighted by Gasteiger charge is 2.31. The molecule has 0 heterocycles. The molecule has 0 spiro atoms. The average molecular weight is 273 g/mol. The molecule has 18 heavy (non-hydrogen) atoms. The minimum atomic E-state index is 0.734. The molecular weight excluding hydrogens is 242 g/mol. The molecule has 2 nitrogen and oxygen atoms in total. The first-order valence-corrected chi connectivity index (χ1v) is 8.57. The monoisotopic (exact) mass is 273 g/mol. The molecule has 1 saturated carbocycles. The quantitative estimate of drug-likeness (QED) is 0.683. The normalized spacial score (nSPS) is 28.8. The van der Waals surface area contributed by atoms with Crippen molar-refractivity contribution in [1.82, 2.24) is 5.32 Å². The second-order valence-corrected chi connectivity index (χ2v) is 7.08. The predicted octanol–water partition coefficient (Wildman–Crippen LogP) is 3.56. The lowest BCUT2D eigenvalue weighted by molar-refractivity contribution is 0.200. The van der Waals surface area contributed by atoms with E-state index in [1.54, 1.807) is 7.11 Å². The van der Waals surface area contributed by atoms with Crippen molar-refractivity contribution in [2.75, 3.05) is 26.0 Å². The zero-order valence-electron chi connectivity index (χ0n) is 12.6. The maximum absolute atomic E-state index is 5.14. The highest BCUT2D eigenvalue weighted by atomic mass is 32.2. The van der Waals surface area contributed by atoms with Crippen molar-refractivity contribution in [2.24, 2.45) is 11.8 Å². The summed E-state index contributed by atoms with van der Waals surface area (Å²) in [6.45, 7) is 8.99. The van der Waals surface area contributed by atoms with Crippen molar-refractivity contribution in [3.05, 3.63) is 0 Å². The van der Waals surface area contributed by atoms with E-state index >= 15 is 0 Å². The third kappa shape index (κ3) is 5.50. The fraction of sp³-hybridized carbons (Fsp3) is 1.00. The number of thioether (sulfide) groups is 1. The first-order chi connectivity index (χ1) is 8.69. The van der Waals surface area contributed by atoms with E-state index in [0.29, 0.717) is 0 Å². The number of ether oxygens (including phenoxy) is 1. The maximum atomic E-state index is 5.14. The largest absolute Gasteiger partial charge is 0.385 e. The van der Waals surface area contributed by atoms with E-state index < -0.39 is 0 Å². The van der Waals surface area contributed by atoms with Crippen LogP contribution in [-0.2, 0) is 4.74 Å². The van der Waals surface area contributed by atoms with E-state index in [9.17, 15) is 0 Å². The molecule has 1 aliphatic carbocycles. The third-order valence-corrected chi connectivity index (χ3v) is 5.54. The van der Waals surface area contributed by atoms with E-state index in [0.717, 1.165) is 36.3 Å². The van der Waals surface area contributed by atoms with Crippen molar-refractivity contribution in [3.8, 4) is 0 Å². The number of hydrogen-bond donors (Lipinski definition) is 1. The van der Waals surface area contributed by atoms with Gasteiger partial charge in [-0.3, -0.25) is 0 Å². The van der Waals surface area contributed by atoms with E-state index in [4.69, 9.17) is 4.74 Å². The Morgan fingerprint density at radius 1 is 1.33 bits per heavy atom. The molecule has 3 heteroatoms. The number of rotatable bonds is 8. The molecule has 0 aromatic heterocycles. The van der Waals surface area contributed by atoms with Crippen molar-refractivity contribution in [1.29, 1.82) is 0 Å². The van der Waals surface area contributed by atoms with Gasteiger partial charge in [0.2, 0.25) is 0 Å². The number of nitrogens with one attached hydrogen (secondary N) is 1. The molecule has 1 N–H and O–H groups in total. The Balaban J connectivity index is 2.39. The highest BCUT2D eigenvalue weighted by Crippen LogP contribution is 2.36. The predicted molar refractivity (Wildman–Crippen MR) is 82.4 cm³/mol. The second-order valence-electron chi connectivity index (χ2n) is 5.74. The topological polar surface area (TPSA) is 21.3 Å². The zero-order chi connectivity index (χ0) is 13.4. The average Bonchev–Trinajstić information content (AvgIpc) is 2.36. The van der Waals surface area contributed by atoms with Crippen LogP contribution in [0.3, 0.4) is 0 Å². The maximum Gasteiger partial charge on any atom is 0.0470 e. The van der Waals surface area contributed by atoms with E-state index in [2.05, 4.69) is 37.8 Å². The lowest BCUT2D eigenvalue weighted by Gasteiger charge is -2.38. The van der Waals surface area contributed by atoms with Crippen molar-refractivity contribution < 1.29 is 4.74 Å². The molecule has 3 atom stereocenters. The smallest absolute Gasteiger partial charge is 0.0470 e. The summed E-state index contributed by atoms with van der Waals surface area (Å²) in [5, 5.41) is 4.49. The summed E-state index contributed by atoms with van der Waals surface area (Å²) in [7, 11) is 1.79. The summed E-state index contributed by atoms with van der Waals surface area (Å²) < 4.78 is 5.14. The van der Waals surface area contributed by atoms with Gasteiger partial charge >= 0.3 is 0 Å². The molecule has 1 rings (SSSR count). The summed E-state index contributed by atoms with van der Waals surface area (Å²) in [6.07, 6.45) is 5.35. The van der Waals surface area contributed by atoms with Crippen LogP contribution in [-0.4, -0.2) is 37.3 Å². The van der Waals surface area contributed by atoms with Gasteiger partial charge in [-0.05, 0) is 49.8 Å². The molecule has 3 unspecified atom stereocenters. The summed E-state index contributed by atoms with van der Waals surface area (Å²) in [5.41, 5.74) is 0. The molecule has 108 valence electrons. The first-order valence-electron chi connectivity index (χ1n) is 7.52. The lowest BCUT2D eigenvalue weighted by Crippen LogP contribution is -2.43. The van der Waals surface area contributed by atoms with Gasteiger partial charge in [0.05, 0.1) is 0 Å². The van der Waals surface area contributed by atoms with Crippen LogP contribution in [0.15, 0.2) is 0 Å². The lowest BCUT2D eigenvalue weighted by atomic mass is 9.79. The summed E-state index contributed by atoms with van der Waals surface area (Å²) >= 11 is 2.16. The fourth-order valence-electron chi connectivity index (χ4n) is 2.88. The fourth-order valence-corrected chi connectivity index (χ4v) is 4.32. The molecule has 1 aliphatic rings. The molecule has 1 fully saturated rings. The van der Waals surface area contributed by atoms with Crippen molar-refractivity contribution in [3.63, 3.8) is 0 Å². The second kappa shape index (κ2) is 9.22. The van der Waals surface area contributed by atoms with Gasteiger partial charge in [-0.1, -0.05) is 20.8 Å². The minimum absolute atomic E-state index is 0.734. The third-order valence-electron chi connectivity index (χ3n) is 4.07. The molecule has 0 aromatic carbocycles. The van der Waals surface area contributed by atoms with Crippen LogP contribution in [0, 0.1) is 11.8 Å². The van der Waals surface area contributed by atoms with Crippen LogP contribution in [0.4, 0.5) is 0 Å². The van der Waals surface area contributed by atoms with Crippen LogP contribution in [0.2, 0.25) is 0 Å². The van der Waals surface area contributed by atoms with Gasteiger partial charge < -0.3 is 10.1 Å². The van der Waals surface area contributed by atoms with Gasteiger partial charge in [-0.25, -0.2) is 0 Å². The molecule has 0 aromatic rings. The van der Waals surface area contributed by atoms with Gasteiger partial charge in [0.1, 0.15) is 0 Å². The Labute approximate surface area is 118 Å². The molecule has 0 amide bonds. The zero-order valence-corrected chi connectivity index (χ0v) is 13.4. The van der Waals surface area contributed by atoms with Gasteiger partial charge in [-0.15, -0.1) is 0 Å². The van der Waals surface area contributed by atoms with E-state index in [1.807, 2.05) is 0 Å². The Morgan fingerprint density at radius 2 is 2.11 bits per heavy atom. The summed E-state index contributed by atoms with van der Waals surface area (Å²) in [6, 6.07) is 0.734. The van der Waals surface area contributed by atoms with Gasteiger partial charge in [0.15, 0.2) is 0 Å². The Hall–Kier alpha value is 0.270. The van der Waals surface area contributed by atoms with Crippen LogP contribution < -0.4 is 5.32 Å². The first kappa shape index (κ1) is 16.3. The number of hydrogen-bond acceptors (Lipinski definition) is 3. The highest BCUT2D eigenvalue weighted by molar-refractivity contribution is 7.99. The summed E-state index contributed by atoms with van der Waals surface area (Å²) in [4.78, 5) is 0.